The lowest BCUT2D eigenvalue weighted by Crippen LogP contribution is -1.94. The average molecular weight is 178 g/mol. The number of thiophene rings is 1. The molecule has 12 heavy (non-hydrogen) atoms. The van der Waals surface area contributed by atoms with Crippen LogP contribution in [0.25, 0.3) is 10.1 Å². The number of nitrogens with zero attached hydrogens (tertiary/aromatic N) is 1. The molecule has 0 saturated heterocycles. The van der Waals surface area contributed by atoms with E-state index in [1.807, 2.05) is 11.4 Å². The molecule has 0 radical (unpaired) electrons. The predicted molar refractivity (Wildman–Crippen MR) is 49.4 cm³/mol. The molecular weight excluding hydrogens is 172 g/mol. The van der Waals surface area contributed by atoms with E-state index in [0.29, 0.717) is 17.8 Å². The molecule has 2 aromatic rings. The van der Waals surface area contributed by atoms with Crippen molar-refractivity contribution in [1.29, 1.82) is 0 Å². The largest absolute Gasteiger partial charge is 0.383 e. The Hall–Kier alpha value is -1.42. The molecule has 2 rings (SSSR count). The van der Waals surface area contributed by atoms with Crippen LogP contribution >= 0.6 is 11.3 Å². The smallest absolute Gasteiger partial charge is 0.168 e. The number of aromatic nitrogens is 1. The van der Waals surface area contributed by atoms with Gasteiger partial charge in [0.2, 0.25) is 0 Å². The molecule has 2 heterocycles. The molecule has 0 aromatic carbocycles. The number of rotatable bonds is 1. The summed E-state index contributed by atoms with van der Waals surface area (Å²) < 4.78 is 1.00. The minimum absolute atomic E-state index is 0.391. The van der Waals surface area contributed by atoms with Gasteiger partial charge in [-0.25, -0.2) is 4.98 Å². The first-order valence-electron chi connectivity index (χ1n) is 3.40. The van der Waals surface area contributed by atoms with E-state index < -0.39 is 0 Å². The third-order valence-electron chi connectivity index (χ3n) is 1.62. The van der Waals surface area contributed by atoms with Gasteiger partial charge in [-0.05, 0) is 17.5 Å². The van der Waals surface area contributed by atoms with Crippen molar-refractivity contribution < 1.29 is 4.79 Å². The fraction of sp³-hybridized carbons (Fsp3) is 0. The van der Waals surface area contributed by atoms with E-state index in [-0.39, 0.29) is 0 Å². The molecule has 0 saturated carbocycles. The van der Waals surface area contributed by atoms with Crippen LogP contribution < -0.4 is 5.73 Å². The van der Waals surface area contributed by atoms with Crippen molar-refractivity contribution in [3.05, 3.63) is 23.2 Å². The number of carbonyl (C=O) groups is 1. The number of pyridine rings is 1. The zero-order valence-corrected chi connectivity index (χ0v) is 6.97. The zero-order valence-electron chi connectivity index (χ0n) is 6.15. The van der Waals surface area contributed by atoms with Crippen LogP contribution in [0, 0.1) is 0 Å². The number of hydrogen-bond donors (Lipinski definition) is 1. The summed E-state index contributed by atoms with van der Waals surface area (Å²) in [6.45, 7) is 0. The summed E-state index contributed by atoms with van der Waals surface area (Å²) in [5, 5.41) is 2.85. The van der Waals surface area contributed by atoms with E-state index in [1.54, 1.807) is 17.4 Å². The van der Waals surface area contributed by atoms with Gasteiger partial charge >= 0.3 is 0 Å². The summed E-state index contributed by atoms with van der Waals surface area (Å²) in [7, 11) is 0. The maximum absolute atomic E-state index is 10.4. The molecule has 2 N–H and O–H groups in total. The van der Waals surface area contributed by atoms with Gasteiger partial charge in [0.05, 0.1) is 0 Å². The Morgan fingerprint density at radius 1 is 1.58 bits per heavy atom. The van der Waals surface area contributed by atoms with Crippen molar-refractivity contribution in [3.8, 4) is 0 Å². The number of carbonyl (C=O) groups excluding carboxylic acids is 1. The first-order valence-corrected chi connectivity index (χ1v) is 4.28. The molecule has 0 aliphatic rings. The molecule has 4 heteroatoms. The SMILES string of the molecule is Nc1nc(C=O)cc2sccc12. The second-order valence-electron chi connectivity index (χ2n) is 2.38. The van der Waals surface area contributed by atoms with Crippen molar-refractivity contribution >= 4 is 33.5 Å². The molecular formula is C8H6N2OS. The molecule has 0 aliphatic carbocycles. The van der Waals surface area contributed by atoms with Gasteiger partial charge in [-0.2, -0.15) is 0 Å². The highest BCUT2D eigenvalue weighted by Crippen LogP contribution is 2.24. The topological polar surface area (TPSA) is 56.0 Å². The Labute approximate surface area is 72.8 Å². The quantitative estimate of drug-likeness (QED) is 0.676. The van der Waals surface area contributed by atoms with Gasteiger partial charge in [0.1, 0.15) is 11.5 Å². The molecule has 0 aliphatic heterocycles. The highest BCUT2D eigenvalue weighted by Gasteiger charge is 2.02. The van der Waals surface area contributed by atoms with Crippen molar-refractivity contribution in [2.24, 2.45) is 0 Å². The van der Waals surface area contributed by atoms with Crippen LogP contribution in [-0.2, 0) is 0 Å². The highest BCUT2D eigenvalue weighted by molar-refractivity contribution is 7.17. The van der Waals surface area contributed by atoms with Crippen LogP contribution in [0.5, 0.6) is 0 Å². The van der Waals surface area contributed by atoms with Gasteiger partial charge in [-0.3, -0.25) is 4.79 Å². The van der Waals surface area contributed by atoms with Crippen molar-refractivity contribution in [1.82, 2.24) is 4.98 Å². The lowest BCUT2D eigenvalue weighted by Gasteiger charge is -1.95. The lowest BCUT2D eigenvalue weighted by atomic mass is 10.3. The maximum Gasteiger partial charge on any atom is 0.168 e. The molecule has 3 nitrogen and oxygen atoms in total. The Morgan fingerprint density at radius 2 is 2.42 bits per heavy atom. The summed E-state index contributed by atoms with van der Waals surface area (Å²) in [6, 6.07) is 3.64. The Bertz CT molecular complexity index is 436. The Balaban J connectivity index is 2.83. The summed E-state index contributed by atoms with van der Waals surface area (Å²) in [5.41, 5.74) is 6.00. The molecule has 0 bridgehead atoms. The number of hydrogen-bond acceptors (Lipinski definition) is 4. The normalized spacial score (nSPS) is 10.3. The van der Waals surface area contributed by atoms with Crippen molar-refractivity contribution in [2.45, 2.75) is 0 Å². The standard InChI is InChI=1S/C8H6N2OS/c9-8-6-1-2-12-7(6)3-5(4-11)10-8/h1-4H,(H2,9,10). The summed E-state index contributed by atoms with van der Waals surface area (Å²) in [4.78, 5) is 14.3. The number of nitrogens with two attached hydrogens (primary N) is 1. The Morgan fingerprint density at radius 3 is 3.17 bits per heavy atom. The minimum atomic E-state index is 0.391. The number of fused-ring (bicyclic) bond motifs is 1. The molecule has 60 valence electrons. The number of aldehydes is 1. The van der Waals surface area contributed by atoms with Gasteiger partial charge in [0.15, 0.2) is 6.29 Å². The monoisotopic (exact) mass is 178 g/mol. The lowest BCUT2D eigenvalue weighted by molar-refractivity contribution is 0.111. The van der Waals surface area contributed by atoms with Gasteiger partial charge in [-0.1, -0.05) is 0 Å². The highest BCUT2D eigenvalue weighted by atomic mass is 32.1. The van der Waals surface area contributed by atoms with E-state index in [0.717, 1.165) is 10.1 Å². The second kappa shape index (κ2) is 2.57. The number of nitrogen functional groups attached to an aromatic ring is 1. The molecule has 0 spiro atoms. The van der Waals surface area contributed by atoms with E-state index in [2.05, 4.69) is 4.98 Å². The van der Waals surface area contributed by atoms with Crippen LogP contribution in [0.2, 0.25) is 0 Å². The van der Waals surface area contributed by atoms with Crippen LogP contribution in [0.15, 0.2) is 17.5 Å². The van der Waals surface area contributed by atoms with E-state index in [4.69, 9.17) is 5.73 Å². The zero-order chi connectivity index (χ0) is 8.55. The molecule has 0 unspecified atom stereocenters. The fourth-order valence-electron chi connectivity index (χ4n) is 1.07. The number of anilines is 1. The van der Waals surface area contributed by atoms with Crippen LogP contribution in [0.4, 0.5) is 5.82 Å². The second-order valence-corrected chi connectivity index (χ2v) is 3.33. The van der Waals surface area contributed by atoms with Gasteiger partial charge in [-0.15, -0.1) is 11.3 Å². The van der Waals surface area contributed by atoms with E-state index >= 15 is 0 Å². The molecule has 2 aromatic heterocycles. The maximum atomic E-state index is 10.4. The van der Waals surface area contributed by atoms with Crippen LogP contribution in [0.3, 0.4) is 0 Å². The third-order valence-corrected chi connectivity index (χ3v) is 2.48. The summed E-state index contributed by atoms with van der Waals surface area (Å²) in [6.07, 6.45) is 0.704. The van der Waals surface area contributed by atoms with Crippen LogP contribution in [-0.4, -0.2) is 11.3 Å². The molecule has 0 fully saturated rings. The van der Waals surface area contributed by atoms with Gasteiger partial charge in [0, 0.05) is 10.1 Å². The van der Waals surface area contributed by atoms with E-state index in [1.165, 1.54) is 0 Å². The van der Waals surface area contributed by atoms with Crippen molar-refractivity contribution in [3.63, 3.8) is 0 Å². The first-order chi connectivity index (χ1) is 5.81. The van der Waals surface area contributed by atoms with Gasteiger partial charge in [0.25, 0.3) is 0 Å². The summed E-state index contributed by atoms with van der Waals surface area (Å²) >= 11 is 1.55. The fourth-order valence-corrected chi connectivity index (χ4v) is 1.91. The molecule has 0 amide bonds. The predicted octanol–water partition coefficient (Wildman–Crippen LogP) is 1.69. The third kappa shape index (κ3) is 0.967. The minimum Gasteiger partial charge on any atom is -0.383 e. The summed E-state index contributed by atoms with van der Waals surface area (Å²) in [5.74, 6) is 0.427. The van der Waals surface area contributed by atoms with Crippen LogP contribution in [0.1, 0.15) is 10.5 Å². The van der Waals surface area contributed by atoms with E-state index in [9.17, 15) is 4.79 Å². The average Bonchev–Trinajstić information content (AvgIpc) is 2.52. The molecule has 0 atom stereocenters. The first kappa shape index (κ1) is 7.24. The van der Waals surface area contributed by atoms with Gasteiger partial charge < -0.3 is 5.73 Å². The Kier molecular flexibility index (Phi) is 1.55. The van der Waals surface area contributed by atoms with Crippen molar-refractivity contribution in [2.75, 3.05) is 5.73 Å².